The van der Waals surface area contributed by atoms with Crippen molar-refractivity contribution in [3.05, 3.63) is 46.0 Å². The van der Waals surface area contributed by atoms with E-state index in [0.29, 0.717) is 5.56 Å². The van der Waals surface area contributed by atoms with Crippen molar-refractivity contribution in [1.29, 1.82) is 0 Å². The number of carbonyl (C=O) groups excluding carboxylic acids is 1. The molecule has 0 spiro atoms. The molecule has 1 N–H and O–H groups in total. The quantitative estimate of drug-likeness (QED) is 0.460. The summed E-state index contributed by atoms with van der Waals surface area (Å²) < 4.78 is 4.58. The number of aliphatic hydroxyl groups is 1. The highest BCUT2D eigenvalue weighted by atomic mass is 16.6. The van der Waals surface area contributed by atoms with E-state index in [1.807, 2.05) is 0 Å². The molecular weight excluding hydrogens is 238 g/mol. The number of nitro groups is 1. The fourth-order valence-corrected chi connectivity index (χ4v) is 1.54. The van der Waals surface area contributed by atoms with Crippen LogP contribution in [0.25, 0.3) is 0 Å². The summed E-state index contributed by atoms with van der Waals surface area (Å²) in [5.74, 6) is -0.963. The second-order valence-electron chi connectivity index (χ2n) is 3.74. The van der Waals surface area contributed by atoms with Gasteiger partial charge in [0.15, 0.2) is 0 Å². The molecule has 0 bridgehead atoms. The first-order chi connectivity index (χ1) is 8.56. The molecule has 98 valence electrons. The molecule has 0 unspecified atom stereocenters. The molecule has 0 fully saturated rings. The van der Waals surface area contributed by atoms with E-state index in [1.165, 1.54) is 0 Å². The van der Waals surface area contributed by atoms with Crippen LogP contribution in [0.3, 0.4) is 0 Å². The van der Waals surface area contributed by atoms with Crippen LogP contribution in [-0.2, 0) is 16.0 Å². The van der Waals surface area contributed by atoms with E-state index in [0.717, 1.165) is 0 Å². The van der Waals surface area contributed by atoms with Gasteiger partial charge in [-0.15, -0.1) is 0 Å². The molecule has 0 aromatic heterocycles. The van der Waals surface area contributed by atoms with Gasteiger partial charge < -0.3 is 9.84 Å². The van der Waals surface area contributed by atoms with Crippen LogP contribution in [-0.4, -0.2) is 34.8 Å². The Morgan fingerprint density at radius 2 is 2.06 bits per heavy atom. The summed E-state index contributed by atoms with van der Waals surface area (Å²) in [6.45, 7) is 1.65. The minimum atomic E-state index is -1.75. The van der Waals surface area contributed by atoms with Crippen LogP contribution in [0, 0.1) is 10.1 Å². The first-order valence-electron chi connectivity index (χ1n) is 5.58. The maximum atomic E-state index is 11.3. The Labute approximate surface area is 104 Å². The fourth-order valence-electron chi connectivity index (χ4n) is 1.54. The normalized spacial score (nSPS) is 13.7. The Bertz CT molecular complexity index is 406. The van der Waals surface area contributed by atoms with Crippen molar-refractivity contribution in [3.8, 4) is 0 Å². The van der Waals surface area contributed by atoms with E-state index in [2.05, 4.69) is 4.74 Å². The predicted octanol–water partition coefficient (Wildman–Crippen LogP) is 0.798. The number of benzene rings is 1. The van der Waals surface area contributed by atoms with E-state index >= 15 is 0 Å². The molecule has 0 saturated carbocycles. The predicted molar refractivity (Wildman–Crippen MR) is 63.6 cm³/mol. The molecule has 6 nitrogen and oxygen atoms in total. The summed E-state index contributed by atoms with van der Waals surface area (Å²) in [5, 5.41) is 20.5. The van der Waals surface area contributed by atoms with Crippen LogP contribution < -0.4 is 0 Å². The largest absolute Gasteiger partial charge is 0.464 e. The molecule has 1 aromatic carbocycles. The lowest BCUT2D eigenvalue weighted by Crippen LogP contribution is -2.42. The van der Waals surface area contributed by atoms with Crippen LogP contribution in [0.1, 0.15) is 12.5 Å². The van der Waals surface area contributed by atoms with Gasteiger partial charge in [0.25, 0.3) is 6.04 Å². The molecule has 0 aliphatic heterocycles. The highest BCUT2D eigenvalue weighted by Crippen LogP contribution is 2.10. The smallest absolute Gasteiger partial charge is 0.342 e. The second-order valence-corrected chi connectivity index (χ2v) is 3.74. The molecule has 1 aromatic rings. The zero-order chi connectivity index (χ0) is 13.5. The number of hydrogen-bond acceptors (Lipinski definition) is 5. The van der Waals surface area contributed by atoms with E-state index in [-0.39, 0.29) is 13.0 Å². The van der Waals surface area contributed by atoms with Gasteiger partial charge in [-0.3, -0.25) is 10.1 Å². The molecule has 0 radical (unpaired) electrons. The van der Waals surface area contributed by atoms with Gasteiger partial charge in [-0.1, -0.05) is 30.3 Å². The lowest BCUT2D eigenvalue weighted by molar-refractivity contribution is -0.531. The fraction of sp³-hybridized carbons (Fsp3) is 0.417. The van der Waals surface area contributed by atoms with Crippen molar-refractivity contribution in [2.24, 2.45) is 0 Å². The summed E-state index contributed by atoms with van der Waals surface area (Å²) in [7, 11) is 0. The van der Waals surface area contributed by atoms with Crippen LogP contribution in [0.2, 0.25) is 0 Å². The second kappa shape index (κ2) is 6.70. The van der Waals surface area contributed by atoms with Gasteiger partial charge in [0.05, 0.1) is 6.61 Å². The lowest BCUT2D eigenvalue weighted by Gasteiger charge is -2.14. The van der Waals surface area contributed by atoms with Crippen LogP contribution in [0.5, 0.6) is 0 Å². The molecule has 0 saturated heterocycles. The van der Waals surface area contributed by atoms with Crippen molar-refractivity contribution >= 4 is 5.97 Å². The molecule has 2 atom stereocenters. The number of ether oxygens (including phenoxy) is 1. The first kappa shape index (κ1) is 14.1. The van der Waals surface area contributed by atoms with Crippen molar-refractivity contribution < 1.29 is 19.6 Å². The topological polar surface area (TPSA) is 89.7 Å². The molecule has 18 heavy (non-hydrogen) atoms. The standard InChI is InChI=1S/C12H15NO5/c1-2-18-12(15)11(14)10(13(16)17)8-9-6-4-3-5-7-9/h3-7,10-11,14H,2,8H2,1H3/t10-,11+/m1/s1. The van der Waals surface area contributed by atoms with Crippen molar-refractivity contribution in [1.82, 2.24) is 0 Å². The highest BCUT2D eigenvalue weighted by molar-refractivity contribution is 5.75. The first-order valence-corrected chi connectivity index (χ1v) is 5.58. The third-order valence-electron chi connectivity index (χ3n) is 2.45. The van der Waals surface area contributed by atoms with Crippen molar-refractivity contribution in [2.45, 2.75) is 25.5 Å². The Kier molecular flexibility index (Phi) is 5.26. The van der Waals surface area contributed by atoms with Crippen molar-refractivity contribution in [2.75, 3.05) is 6.61 Å². The Balaban J connectivity index is 2.77. The zero-order valence-electron chi connectivity index (χ0n) is 9.98. The third-order valence-corrected chi connectivity index (χ3v) is 2.45. The Morgan fingerprint density at radius 1 is 1.44 bits per heavy atom. The SMILES string of the molecule is CCOC(=O)[C@@H](O)[C@@H](Cc1ccccc1)[N+](=O)[O-]. The number of hydrogen-bond donors (Lipinski definition) is 1. The summed E-state index contributed by atoms with van der Waals surface area (Å²) in [4.78, 5) is 21.5. The molecule has 0 aliphatic carbocycles. The number of carbonyl (C=O) groups is 1. The molecule has 0 amide bonds. The average molecular weight is 253 g/mol. The van der Waals surface area contributed by atoms with Crippen LogP contribution in [0.15, 0.2) is 30.3 Å². The summed E-state index contributed by atoms with van der Waals surface area (Å²) in [5.41, 5.74) is 0.683. The number of aliphatic hydroxyl groups excluding tert-OH is 1. The van der Waals surface area contributed by atoms with Gasteiger partial charge in [0.1, 0.15) is 0 Å². The van der Waals surface area contributed by atoms with Crippen LogP contribution in [0.4, 0.5) is 0 Å². The highest BCUT2D eigenvalue weighted by Gasteiger charge is 2.36. The monoisotopic (exact) mass is 253 g/mol. The summed E-state index contributed by atoms with van der Waals surface area (Å²) >= 11 is 0. The molecule has 0 heterocycles. The molecule has 1 rings (SSSR count). The van der Waals surface area contributed by atoms with E-state index < -0.39 is 23.0 Å². The van der Waals surface area contributed by atoms with Crippen LogP contribution >= 0.6 is 0 Å². The molecule has 6 heteroatoms. The van der Waals surface area contributed by atoms with Gasteiger partial charge in [0.2, 0.25) is 6.10 Å². The van der Waals surface area contributed by atoms with Crippen molar-refractivity contribution in [3.63, 3.8) is 0 Å². The zero-order valence-corrected chi connectivity index (χ0v) is 9.98. The number of nitrogens with zero attached hydrogens (tertiary/aromatic N) is 1. The van der Waals surface area contributed by atoms with Gasteiger partial charge in [-0.2, -0.15) is 0 Å². The van der Waals surface area contributed by atoms with Gasteiger partial charge in [0, 0.05) is 11.3 Å². The van der Waals surface area contributed by atoms with Gasteiger partial charge >= 0.3 is 5.97 Å². The maximum absolute atomic E-state index is 11.3. The molecular formula is C12H15NO5. The lowest BCUT2D eigenvalue weighted by atomic mass is 10.0. The Hall–Kier alpha value is -1.95. The van der Waals surface area contributed by atoms with E-state index in [1.54, 1.807) is 37.3 Å². The van der Waals surface area contributed by atoms with Gasteiger partial charge in [-0.05, 0) is 12.5 Å². The Morgan fingerprint density at radius 3 is 2.56 bits per heavy atom. The number of esters is 1. The maximum Gasteiger partial charge on any atom is 0.342 e. The summed E-state index contributed by atoms with van der Waals surface area (Å²) in [6, 6.07) is 7.27. The van der Waals surface area contributed by atoms with Gasteiger partial charge in [-0.25, -0.2) is 4.79 Å². The molecule has 0 aliphatic rings. The minimum Gasteiger partial charge on any atom is -0.464 e. The average Bonchev–Trinajstić information content (AvgIpc) is 2.36. The number of rotatable bonds is 6. The minimum absolute atomic E-state index is 0.0200. The summed E-state index contributed by atoms with van der Waals surface area (Å²) in [6.07, 6.45) is -1.77. The van der Waals surface area contributed by atoms with E-state index in [4.69, 9.17) is 0 Å². The third kappa shape index (κ3) is 3.81. The van der Waals surface area contributed by atoms with E-state index in [9.17, 15) is 20.0 Å².